The minimum atomic E-state index is -0.485. The van der Waals surface area contributed by atoms with Gasteiger partial charge in [-0.25, -0.2) is 4.98 Å². The number of hydrogen-bond donors (Lipinski definition) is 1. The summed E-state index contributed by atoms with van der Waals surface area (Å²) in [5.74, 6) is -0.201. The summed E-state index contributed by atoms with van der Waals surface area (Å²) in [6, 6.07) is 0.175. The largest absolute Gasteiger partial charge is 0.455 e. The van der Waals surface area contributed by atoms with Crippen LogP contribution in [0, 0.1) is 5.92 Å². The van der Waals surface area contributed by atoms with E-state index in [1.54, 1.807) is 10.3 Å². The van der Waals surface area contributed by atoms with Crippen molar-refractivity contribution in [1.29, 1.82) is 0 Å². The van der Waals surface area contributed by atoms with Crippen molar-refractivity contribution in [2.75, 3.05) is 18.1 Å². The Bertz CT molecular complexity index is 675. The fourth-order valence-corrected chi connectivity index (χ4v) is 4.34. The molecule has 1 aliphatic carbocycles. The number of rotatable bonds is 6. The van der Waals surface area contributed by atoms with E-state index in [0.717, 1.165) is 25.7 Å². The molecule has 1 aromatic rings. The zero-order valence-electron chi connectivity index (χ0n) is 15.0. The minimum Gasteiger partial charge on any atom is -0.455 e. The number of esters is 1. The summed E-state index contributed by atoms with van der Waals surface area (Å²) < 4.78 is 5.07. The number of ether oxygens (including phenoxy) is 1. The van der Waals surface area contributed by atoms with E-state index < -0.39 is 5.97 Å². The van der Waals surface area contributed by atoms with E-state index in [-0.39, 0.29) is 30.9 Å². The van der Waals surface area contributed by atoms with Crippen LogP contribution in [0.4, 0.5) is 5.13 Å². The molecule has 0 unspecified atom stereocenters. The Balaban J connectivity index is 1.42. The monoisotopic (exact) mass is 379 g/mol. The predicted octanol–water partition coefficient (Wildman–Crippen LogP) is 2.05. The van der Waals surface area contributed by atoms with Crippen molar-refractivity contribution in [3.05, 3.63) is 11.1 Å². The van der Waals surface area contributed by atoms with Crippen LogP contribution in [0.2, 0.25) is 0 Å². The first-order chi connectivity index (χ1) is 12.5. The van der Waals surface area contributed by atoms with Crippen LogP contribution in [0.5, 0.6) is 0 Å². The molecule has 142 valence electrons. The SMILES string of the molecule is C[C@@H]1CCCC[C@@H]1NC(=O)COC(=O)Cc1csc(N2CCCC2=O)n1. The van der Waals surface area contributed by atoms with Crippen LogP contribution in [0.15, 0.2) is 5.38 Å². The lowest BCUT2D eigenvalue weighted by Crippen LogP contribution is -2.43. The van der Waals surface area contributed by atoms with E-state index in [4.69, 9.17) is 4.74 Å². The first kappa shape index (κ1) is 18.8. The molecule has 0 bridgehead atoms. The van der Waals surface area contributed by atoms with Gasteiger partial charge in [-0.05, 0) is 25.2 Å². The Morgan fingerprint density at radius 1 is 1.35 bits per heavy atom. The average Bonchev–Trinajstić information content (AvgIpc) is 3.24. The quantitative estimate of drug-likeness (QED) is 0.764. The van der Waals surface area contributed by atoms with Crippen molar-refractivity contribution in [2.45, 2.75) is 57.9 Å². The first-order valence-electron chi connectivity index (χ1n) is 9.22. The van der Waals surface area contributed by atoms with Gasteiger partial charge in [-0.1, -0.05) is 19.8 Å². The third kappa shape index (κ3) is 4.81. The summed E-state index contributed by atoms with van der Waals surface area (Å²) in [5.41, 5.74) is 0.566. The summed E-state index contributed by atoms with van der Waals surface area (Å²) in [7, 11) is 0. The Morgan fingerprint density at radius 2 is 2.15 bits per heavy atom. The normalized spacial score (nSPS) is 23.1. The van der Waals surface area contributed by atoms with Crippen LogP contribution in [0.3, 0.4) is 0 Å². The number of hydrogen-bond acceptors (Lipinski definition) is 6. The summed E-state index contributed by atoms with van der Waals surface area (Å²) in [5, 5.41) is 5.34. The maximum Gasteiger partial charge on any atom is 0.312 e. The van der Waals surface area contributed by atoms with Crippen molar-refractivity contribution in [3.63, 3.8) is 0 Å². The Kier molecular flexibility index (Phi) is 6.24. The molecule has 1 N–H and O–H groups in total. The molecule has 1 saturated carbocycles. The highest BCUT2D eigenvalue weighted by Crippen LogP contribution is 2.25. The number of carbonyl (C=O) groups excluding carboxylic acids is 3. The summed E-state index contributed by atoms with van der Waals surface area (Å²) in [4.78, 5) is 41.6. The Hall–Kier alpha value is -1.96. The number of thiazole rings is 1. The van der Waals surface area contributed by atoms with Gasteiger partial charge < -0.3 is 10.1 Å². The molecule has 26 heavy (non-hydrogen) atoms. The molecule has 1 aliphatic heterocycles. The molecule has 1 aromatic heterocycles. The van der Waals surface area contributed by atoms with Crippen molar-refractivity contribution >= 4 is 34.3 Å². The second-order valence-corrected chi connectivity index (χ2v) is 7.88. The minimum absolute atomic E-state index is 0.00560. The van der Waals surface area contributed by atoms with Crippen LogP contribution < -0.4 is 10.2 Å². The van der Waals surface area contributed by atoms with E-state index in [1.165, 1.54) is 17.8 Å². The molecule has 8 heteroatoms. The maximum atomic E-state index is 12.0. The number of aromatic nitrogens is 1. The van der Waals surface area contributed by atoms with E-state index in [2.05, 4.69) is 17.2 Å². The van der Waals surface area contributed by atoms with Gasteiger partial charge in [0, 0.05) is 24.4 Å². The molecular weight excluding hydrogens is 354 g/mol. The van der Waals surface area contributed by atoms with Crippen LogP contribution >= 0.6 is 11.3 Å². The van der Waals surface area contributed by atoms with Gasteiger partial charge in [-0.2, -0.15) is 0 Å². The topological polar surface area (TPSA) is 88.6 Å². The summed E-state index contributed by atoms with van der Waals surface area (Å²) in [6.45, 7) is 2.56. The number of nitrogens with one attached hydrogen (secondary N) is 1. The van der Waals surface area contributed by atoms with Gasteiger partial charge in [-0.15, -0.1) is 11.3 Å². The van der Waals surface area contributed by atoms with Gasteiger partial charge in [-0.3, -0.25) is 19.3 Å². The zero-order valence-corrected chi connectivity index (χ0v) is 15.8. The first-order valence-corrected chi connectivity index (χ1v) is 10.1. The number of anilines is 1. The van der Waals surface area contributed by atoms with Gasteiger partial charge in [0.2, 0.25) is 5.91 Å². The highest BCUT2D eigenvalue weighted by Gasteiger charge is 2.25. The molecule has 3 rings (SSSR count). The molecule has 2 amide bonds. The van der Waals surface area contributed by atoms with E-state index >= 15 is 0 Å². The summed E-state index contributed by atoms with van der Waals surface area (Å²) >= 11 is 1.35. The highest BCUT2D eigenvalue weighted by molar-refractivity contribution is 7.14. The Labute approximate surface area is 157 Å². The molecule has 2 atom stereocenters. The molecule has 2 fully saturated rings. The maximum absolute atomic E-state index is 12.0. The second kappa shape index (κ2) is 8.62. The van der Waals surface area contributed by atoms with Gasteiger partial charge in [0.25, 0.3) is 5.91 Å². The lowest BCUT2D eigenvalue weighted by molar-refractivity contribution is -0.148. The van der Waals surface area contributed by atoms with Gasteiger partial charge in [0.05, 0.1) is 12.1 Å². The fourth-order valence-electron chi connectivity index (χ4n) is 3.48. The molecule has 0 spiro atoms. The predicted molar refractivity (Wildman–Crippen MR) is 97.9 cm³/mol. The van der Waals surface area contributed by atoms with E-state index in [0.29, 0.717) is 29.7 Å². The number of nitrogens with zero attached hydrogens (tertiary/aromatic N) is 2. The lowest BCUT2D eigenvalue weighted by atomic mass is 9.86. The molecule has 0 aromatic carbocycles. The van der Waals surface area contributed by atoms with Crippen LogP contribution in [-0.4, -0.2) is 42.0 Å². The number of carbonyl (C=O) groups is 3. The van der Waals surface area contributed by atoms with E-state index in [1.807, 2.05) is 0 Å². The van der Waals surface area contributed by atoms with Crippen molar-refractivity contribution < 1.29 is 19.1 Å². The van der Waals surface area contributed by atoms with Crippen molar-refractivity contribution in [3.8, 4) is 0 Å². The van der Waals surface area contributed by atoms with E-state index in [9.17, 15) is 14.4 Å². The molecule has 7 nitrogen and oxygen atoms in total. The van der Waals surface area contributed by atoms with Crippen LogP contribution in [0.1, 0.15) is 51.1 Å². The smallest absolute Gasteiger partial charge is 0.312 e. The van der Waals surface area contributed by atoms with Gasteiger partial charge in [0.1, 0.15) is 0 Å². The molecule has 1 saturated heterocycles. The van der Waals surface area contributed by atoms with Crippen molar-refractivity contribution in [2.24, 2.45) is 5.92 Å². The molecule has 0 radical (unpaired) electrons. The highest BCUT2D eigenvalue weighted by atomic mass is 32.1. The van der Waals surface area contributed by atoms with Gasteiger partial charge >= 0.3 is 5.97 Å². The third-order valence-corrected chi connectivity index (χ3v) is 5.90. The fraction of sp³-hybridized carbons (Fsp3) is 0.667. The third-order valence-electron chi connectivity index (χ3n) is 4.99. The second-order valence-electron chi connectivity index (χ2n) is 7.04. The zero-order chi connectivity index (χ0) is 18.5. The van der Waals surface area contributed by atoms with Crippen molar-refractivity contribution in [1.82, 2.24) is 10.3 Å². The molecular formula is C18H25N3O4S. The lowest BCUT2D eigenvalue weighted by Gasteiger charge is -2.29. The molecule has 2 aliphatic rings. The van der Waals surface area contributed by atoms with Crippen LogP contribution in [0.25, 0.3) is 0 Å². The Morgan fingerprint density at radius 3 is 2.88 bits per heavy atom. The standard InChI is InChI=1S/C18H25N3O4S/c1-12-5-2-3-6-14(12)20-15(22)10-25-17(24)9-13-11-26-18(19-13)21-8-4-7-16(21)23/h11-12,14H,2-10H2,1H3,(H,20,22)/t12-,14+/m1/s1. The van der Waals surface area contributed by atoms with Gasteiger partial charge in [0.15, 0.2) is 11.7 Å². The number of amides is 2. The summed E-state index contributed by atoms with van der Waals surface area (Å²) in [6.07, 6.45) is 5.83. The average molecular weight is 379 g/mol. The molecule has 2 heterocycles. The van der Waals surface area contributed by atoms with Crippen LogP contribution in [-0.2, 0) is 25.5 Å².